The summed E-state index contributed by atoms with van der Waals surface area (Å²) < 4.78 is 7.25. The van der Waals surface area contributed by atoms with Crippen molar-refractivity contribution in [2.75, 3.05) is 26.2 Å². The molecule has 1 fully saturated rings. The number of aromatic nitrogens is 4. The van der Waals surface area contributed by atoms with Crippen molar-refractivity contribution in [2.45, 2.75) is 26.2 Å². The Balaban J connectivity index is 1.46. The summed E-state index contributed by atoms with van der Waals surface area (Å²) in [7, 11) is 0. The van der Waals surface area contributed by atoms with Gasteiger partial charge >= 0.3 is 0 Å². The van der Waals surface area contributed by atoms with Crippen molar-refractivity contribution in [1.82, 2.24) is 30.1 Å². The first-order valence-electron chi connectivity index (χ1n) is 8.93. The molecule has 0 saturated carbocycles. The molecule has 26 heavy (non-hydrogen) atoms. The van der Waals surface area contributed by atoms with E-state index in [2.05, 4.69) is 38.4 Å². The summed E-state index contributed by atoms with van der Waals surface area (Å²) in [5.74, 6) is 1.36. The van der Waals surface area contributed by atoms with Crippen LogP contribution in [0.5, 0.6) is 0 Å². The van der Waals surface area contributed by atoms with E-state index < -0.39 is 0 Å². The molecule has 1 saturated heterocycles. The molecular formula is C18H22N6O2. The van der Waals surface area contributed by atoms with E-state index in [1.807, 2.05) is 18.2 Å². The maximum absolute atomic E-state index is 10.9. The van der Waals surface area contributed by atoms with Crippen molar-refractivity contribution >= 4 is 16.8 Å². The van der Waals surface area contributed by atoms with Gasteiger partial charge in [0.15, 0.2) is 0 Å². The second kappa shape index (κ2) is 6.87. The van der Waals surface area contributed by atoms with Crippen LogP contribution in [0, 0.1) is 0 Å². The van der Waals surface area contributed by atoms with Crippen LogP contribution in [0.25, 0.3) is 16.9 Å². The highest BCUT2D eigenvalue weighted by Crippen LogP contribution is 2.27. The molecule has 0 aliphatic carbocycles. The van der Waals surface area contributed by atoms with Gasteiger partial charge in [0.2, 0.25) is 11.8 Å². The van der Waals surface area contributed by atoms with Crippen LogP contribution in [-0.2, 0) is 11.2 Å². The molecule has 8 heteroatoms. The van der Waals surface area contributed by atoms with Crippen LogP contribution in [0.1, 0.15) is 31.4 Å². The number of aryl methyl sites for hydroxylation is 1. The third-order valence-electron chi connectivity index (χ3n) is 4.73. The third kappa shape index (κ3) is 3.08. The topological polar surface area (TPSA) is 89.1 Å². The van der Waals surface area contributed by atoms with Gasteiger partial charge in [-0.2, -0.15) is 14.8 Å². The number of carbonyl (C=O) groups is 1. The highest BCUT2D eigenvalue weighted by Gasteiger charge is 2.32. The second-order valence-corrected chi connectivity index (χ2v) is 6.60. The molecule has 136 valence electrons. The Morgan fingerprint density at radius 1 is 1.35 bits per heavy atom. The van der Waals surface area contributed by atoms with Gasteiger partial charge in [0.25, 0.3) is 5.95 Å². The van der Waals surface area contributed by atoms with Gasteiger partial charge in [-0.05, 0) is 17.6 Å². The van der Waals surface area contributed by atoms with Gasteiger partial charge in [0, 0.05) is 38.5 Å². The van der Waals surface area contributed by atoms with Crippen LogP contribution in [0.2, 0.25) is 0 Å². The van der Waals surface area contributed by atoms with E-state index in [1.165, 1.54) is 6.92 Å². The standard InChI is InChI=1S/C18H22N6O2/c1-3-15-14-6-4-5-7-16(14)24(21-15)18-20-17(26-22-18)13-10-23(11-13)9-8-19-12(2)25/h4-7,13H,3,8-11H2,1-2H3,(H,19,25). The summed E-state index contributed by atoms with van der Waals surface area (Å²) in [4.78, 5) is 17.7. The van der Waals surface area contributed by atoms with Crippen molar-refractivity contribution < 1.29 is 9.32 Å². The Labute approximate surface area is 151 Å². The van der Waals surface area contributed by atoms with Gasteiger partial charge in [-0.1, -0.05) is 25.1 Å². The number of nitrogens with zero attached hydrogens (tertiary/aromatic N) is 5. The molecule has 0 bridgehead atoms. The van der Waals surface area contributed by atoms with Crippen LogP contribution in [-0.4, -0.2) is 56.9 Å². The molecule has 1 aromatic carbocycles. The fourth-order valence-corrected chi connectivity index (χ4v) is 3.32. The molecule has 0 unspecified atom stereocenters. The average Bonchev–Trinajstić information content (AvgIpc) is 3.21. The van der Waals surface area contributed by atoms with E-state index in [1.54, 1.807) is 4.68 Å². The van der Waals surface area contributed by atoms with Crippen molar-refractivity contribution in [3.05, 3.63) is 35.9 Å². The summed E-state index contributed by atoms with van der Waals surface area (Å²) in [6.07, 6.45) is 0.851. The van der Waals surface area contributed by atoms with Gasteiger partial charge in [0.1, 0.15) is 0 Å². The highest BCUT2D eigenvalue weighted by atomic mass is 16.5. The zero-order valence-electron chi connectivity index (χ0n) is 15.0. The van der Waals surface area contributed by atoms with E-state index in [0.29, 0.717) is 18.4 Å². The molecule has 3 aromatic rings. The quantitative estimate of drug-likeness (QED) is 0.722. The van der Waals surface area contributed by atoms with Crippen molar-refractivity contribution in [3.8, 4) is 5.95 Å². The second-order valence-electron chi connectivity index (χ2n) is 6.60. The summed E-state index contributed by atoms with van der Waals surface area (Å²) in [6.45, 7) is 6.84. The van der Waals surface area contributed by atoms with Crippen molar-refractivity contribution in [2.24, 2.45) is 0 Å². The number of amides is 1. The number of rotatable bonds is 6. The summed E-state index contributed by atoms with van der Waals surface area (Å²) >= 11 is 0. The van der Waals surface area contributed by atoms with Gasteiger partial charge in [0.05, 0.1) is 17.1 Å². The van der Waals surface area contributed by atoms with Gasteiger partial charge in [-0.3, -0.25) is 9.69 Å². The van der Waals surface area contributed by atoms with Crippen LogP contribution < -0.4 is 5.32 Å². The highest BCUT2D eigenvalue weighted by molar-refractivity contribution is 5.83. The molecule has 1 aliphatic heterocycles. The van der Waals surface area contributed by atoms with Gasteiger partial charge < -0.3 is 9.84 Å². The fraction of sp³-hybridized carbons (Fsp3) is 0.444. The monoisotopic (exact) mass is 354 g/mol. The maximum Gasteiger partial charge on any atom is 0.291 e. The fourth-order valence-electron chi connectivity index (χ4n) is 3.32. The molecule has 4 rings (SSSR count). The lowest BCUT2D eigenvalue weighted by atomic mass is 10.0. The normalized spacial score (nSPS) is 15.3. The number of hydrogen-bond acceptors (Lipinski definition) is 6. The number of likely N-dealkylation sites (tertiary alicyclic amines) is 1. The molecule has 1 amide bonds. The Kier molecular flexibility index (Phi) is 4.42. The van der Waals surface area contributed by atoms with E-state index in [9.17, 15) is 4.79 Å². The lowest BCUT2D eigenvalue weighted by Crippen LogP contribution is -2.48. The molecule has 1 N–H and O–H groups in total. The Bertz CT molecular complexity index is 925. The zero-order chi connectivity index (χ0) is 18.1. The molecule has 0 atom stereocenters. The average molecular weight is 354 g/mol. The van der Waals surface area contributed by atoms with Crippen molar-refractivity contribution in [1.29, 1.82) is 0 Å². The lowest BCUT2D eigenvalue weighted by molar-refractivity contribution is -0.119. The minimum absolute atomic E-state index is 0.00140. The summed E-state index contributed by atoms with van der Waals surface area (Å²) in [6, 6.07) is 8.08. The molecule has 1 aliphatic rings. The minimum atomic E-state index is 0.00140. The Hall–Kier alpha value is -2.74. The Morgan fingerprint density at radius 3 is 2.92 bits per heavy atom. The number of carbonyl (C=O) groups excluding carboxylic acids is 1. The first-order valence-corrected chi connectivity index (χ1v) is 8.93. The Morgan fingerprint density at radius 2 is 2.15 bits per heavy atom. The number of fused-ring (bicyclic) bond motifs is 1. The lowest BCUT2D eigenvalue weighted by Gasteiger charge is -2.36. The number of benzene rings is 1. The number of para-hydroxylation sites is 1. The van der Waals surface area contributed by atoms with Gasteiger partial charge in [-0.15, -0.1) is 0 Å². The zero-order valence-corrected chi connectivity index (χ0v) is 15.0. The smallest absolute Gasteiger partial charge is 0.291 e. The summed E-state index contributed by atoms with van der Waals surface area (Å²) in [5, 5.41) is 12.7. The molecule has 3 heterocycles. The van der Waals surface area contributed by atoms with Crippen LogP contribution in [0.15, 0.2) is 28.8 Å². The number of nitrogens with one attached hydrogen (secondary N) is 1. The predicted molar refractivity (Wildman–Crippen MR) is 96.2 cm³/mol. The van der Waals surface area contributed by atoms with Crippen molar-refractivity contribution in [3.63, 3.8) is 0 Å². The third-order valence-corrected chi connectivity index (χ3v) is 4.73. The molecular weight excluding hydrogens is 332 g/mol. The van der Waals surface area contributed by atoms with E-state index in [4.69, 9.17) is 4.52 Å². The molecule has 0 radical (unpaired) electrons. The van der Waals surface area contributed by atoms with E-state index in [-0.39, 0.29) is 11.8 Å². The van der Waals surface area contributed by atoms with Crippen LogP contribution >= 0.6 is 0 Å². The molecule has 8 nitrogen and oxygen atoms in total. The molecule has 2 aromatic heterocycles. The predicted octanol–water partition coefficient (Wildman–Crippen LogP) is 1.51. The minimum Gasteiger partial charge on any atom is -0.355 e. The maximum atomic E-state index is 10.9. The first kappa shape index (κ1) is 16.7. The van der Waals surface area contributed by atoms with Crippen LogP contribution in [0.4, 0.5) is 0 Å². The largest absolute Gasteiger partial charge is 0.355 e. The first-order chi connectivity index (χ1) is 12.7. The van der Waals surface area contributed by atoms with E-state index >= 15 is 0 Å². The molecule has 0 spiro atoms. The number of hydrogen-bond donors (Lipinski definition) is 1. The van der Waals surface area contributed by atoms with Gasteiger partial charge in [-0.25, -0.2) is 0 Å². The SMILES string of the molecule is CCc1nn(-c2noc(C3CN(CCNC(C)=O)C3)n2)c2ccccc12. The summed E-state index contributed by atoms with van der Waals surface area (Å²) in [5.41, 5.74) is 2.02. The van der Waals surface area contributed by atoms with E-state index in [0.717, 1.165) is 42.7 Å². The van der Waals surface area contributed by atoms with Crippen LogP contribution in [0.3, 0.4) is 0 Å².